The molecule has 0 unspecified atom stereocenters. The van der Waals surface area contributed by atoms with Gasteiger partial charge in [0.05, 0.1) is 5.02 Å². The van der Waals surface area contributed by atoms with Crippen LogP contribution in [0.3, 0.4) is 0 Å². The van der Waals surface area contributed by atoms with Gasteiger partial charge < -0.3 is 9.84 Å². The largest absolute Gasteiger partial charge is 0.478 e. The molecular formula is C15H12Cl2O3. The number of rotatable bonds is 3. The summed E-state index contributed by atoms with van der Waals surface area (Å²) in [5.74, 6) is -0.396. The van der Waals surface area contributed by atoms with Crippen LogP contribution in [0.25, 0.3) is 0 Å². The first-order chi connectivity index (χ1) is 9.40. The molecular weight excluding hydrogens is 299 g/mol. The van der Waals surface area contributed by atoms with Gasteiger partial charge in [-0.2, -0.15) is 0 Å². The zero-order valence-corrected chi connectivity index (χ0v) is 12.4. The van der Waals surface area contributed by atoms with Crippen LogP contribution in [0.5, 0.6) is 11.5 Å². The van der Waals surface area contributed by atoms with E-state index >= 15 is 0 Å². The maximum absolute atomic E-state index is 11.2. The highest BCUT2D eigenvalue weighted by atomic mass is 35.5. The van der Waals surface area contributed by atoms with Gasteiger partial charge in [-0.15, -0.1) is 0 Å². The number of carboxylic acids is 1. The van der Waals surface area contributed by atoms with Crippen molar-refractivity contribution in [1.82, 2.24) is 0 Å². The number of hydrogen-bond acceptors (Lipinski definition) is 2. The van der Waals surface area contributed by atoms with E-state index in [1.54, 1.807) is 24.3 Å². The maximum Gasteiger partial charge on any atom is 0.339 e. The highest BCUT2D eigenvalue weighted by Crippen LogP contribution is 2.37. The van der Waals surface area contributed by atoms with Crippen LogP contribution in [0, 0.1) is 13.8 Å². The Hall–Kier alpha value is -1.71. The van der Waals surface area contributed by atoms with E-state index in [9.17, 15) is 9.90 Å². The highest BCUT2D eigenvalue weighted by molar-refractivity contribution is 6.32. The van der Waals surface area contributed by atoms with Gasteiger partial charge in [0.25, 0.3) is 0 Å². The third kappa shape index (κ3) is 2.89. The van der Waals surface area contributed by atoms with Gasteiger partial charge in [0.1, 0.15) is 11.3 Å². The summed E-state index contributed by atoms with van der Waals surface area (Å²) >= 11 is 12.0. The Labute approximate surface area is 126 Å². The monoisotopic (exact) mass is 310 g/mol. The van der Waals surface area contributed by atoms with Gasteiger partial charge in [-0.05, 0) is 49.2 Å². The van der Waals surface area contributed by atoms with Crippen LogP contribution in [-0.4, -0.2) is 11.1 Å². The number of carboxylic acid groups (broad SMARTS) is 1. The molecule has 3 nitrogen and oxygen atoms in total. The van der Waals surface area contributed by atoms with E-state index in [0.717, 1.165) is 11.1 Å². The van der Waals surface area contributed by atoms with Crippen molar-refractivity contribution in [2.75, 3.05) is 0 Å². The molecule has 104 valence electrons. The molecule has 2 aromatic rings. The van der Waals surface area contributed by atoms with Crippen LogP contribution in [0.15, 0.2) is 30.3 Å². The van der Waals surface area contributed by atoms with Crippen LogP contribution in [-0.2, 0) is 0 Å². The Morgan fingerprint density at radius 2 is 1.70 bits per heavy atom. The molecule has 2 aromatic carbocycles. The summed E-state index contributed by atoms with van der Waals surface area (Å²) in [5, 5.41) is 10.0. The molecule has 0 saturated carbocycles. The summed E-state index contributed by atoms with van der Waals surface area (Å²) in [6.45, 7) is 3.68. The molecule has 0 radical (unpaired) electrons. The molecule has 0 spiro atoms. The Morgan fingerprint density at radius 1 is 1.10 bits per heavy atom. The number of hydrogen-bond donors (Lipinski definition) is 1. The summed E-state index contributed by atoms with van der Waals surface area (Å²) < 4.78 is 5.75. The van der Waals surface area contributed by atoms with Crippen molar-refractivity contribution >= 4 is 29.2 Å². The SMILES string of the molecule is Cc1cc(Cl)cc(C)c1Oc1c(Cl)cccc1C(=O)O. The van der Waals surface area contributed by atoms with Crippen molar-refractivity contribution in [2.24, 2.45) is 0 Å². The Kier molecular flexibility index (Phi) is 4.21. The minimum absolute atomic E-state index is 0.0197. The van der Waals surface area contributed by atoms with Gasteiger partial charge in [-0.3, -0.25) is 0 Å². The first kappa shape index (κ1) is 14.7. The summed E-state index contributed by atoms with van der Waals surface area (Å²) in [6, 6.07) is 8.11. The number of aryl methyl sites for hydroxylation is 2. The first-order valence-corrected chi connectivity index (χ1v) is 6.62. The Bertz CT molecular complexity index is 658. The Morgan fingerprint density at radius 3 is 2.25 bits per heavy atom. The van der Waals surface area contributed by atoms with Gasteiger partial charge in [0.2, 0.25) is 0 Å². The van der Waals surface area contributed by atoms with E-state index in [1.807, 2.05) is 13.8 Å². The minimum Gasteiger partial charge on any atom is -0.478 e. The van der Waals surface area contributed by atoms with Crippen LogP contribution in [0.1, 0.15) is 21.5 Å². The molecule has 0 aromatic heterocycles. The maximum atomic E-state index is 11.2. The van der Waals surface area contributed by atoms with E-state index in [0.29, 0.717) is 10.8 Å². The highest BCUT2D eigenvalue weighted by Gasteiger charge is 2.17. The van der Waals surface area contributed by atoms with E-state index in [-0.39, 0.29) is 16.3 Å². The molecule has 0 amide bonds. The van der Waals surface area contributed by atoms with Gasteiger partial charge in [0, 0.05) is 5.02 Å². The molecule has 1 N–H and O–H groups in total. The molecule has 20 heavy (non-hydrogen) atoms. The number of carbonyl (C=O) groups is 1. The number of aromatic carboxylic acids is 1. The van der Waals surface area contributed by atoms with Crippen LogP contribution >= 0.6 is 23.2 Å². The summed E-state index contributed by atoms with van der Waals surface area (Å²) in [4.78, 5) is 11.2. The lowest BCUT2D eigenvalue weighted by Gasteiger charge is -2.15. The second-order valence-corrected chi connectivity index (χ2v) is 5.24. The summed E-state index contributed by atoms with van der Waals surface area (Å²) in [5.41, 5.74) is 1.64. The van der Waals surface area contributed by atoms with Gasteiger partial charge in [0.15, 0.2) is 5.75 Å². The zero-order chi connectivity index (χ0) is 14.9. The van der Waals surface area contributed by atoms with Crippen molar-refractivity contribution in [2.45, 2.75) is 13.8 Å². The molecule has 5 heteroatoms. The van der Waals surface area contributed by atoms with Crippen molar-refractivity contribution in [3.8, 4) is 11.5 Å². The zero-order valence-electron chi connectivity index (χ0n) is 10.9. The summed E-state index contributed by atoms with van der Waals surface area (Å²) in [6.07, 6.45) is 0. The minimum atomic E-state index is -1.09. The van der Waals surface area contributed by atoms with Crippen molar-refractivity contribution in [3.05, 3.63) is 57.1 Å². The average molecular weight is 311 g/mol. The van der Waals surface area contributed by atoms with E-state index in [2.05, 4.69) is 0 Å². The second kappa shape index (κ2) is 5.73. The third-order valence-corrected chi connectivity index (χ3v) is 3.34. The van der Waals surface area contributed by atoms with Crippen LogP contribution in [0.2, 0.25) is 10.0 Å². The van der Waals surface area contributed by atoms with E-state index < -0.39 is 5.97 Å². The lowest BCUT2D eigenvalue weighted by Crippen LogP contribution is -2.01. The van der Waals surface area contributed by atoms with Gasteiger partial charge in [-0.1, -0.05) is 29.3 Å². The van der Waals surface area contributed by atoms with Gasteiger partial charge in [-0.25, -0.2) is 4.79 Å². The number of ether oxygens (including phenoxy) is 1. The molecule has 0 aliphatic rings. The standard InChI is InChI=1S/C15H12Cl2O3/c1-8-6-10(16)7-9(2)13(8)20-14-11(15(18)19)4-3-5-12(14)17/h3-7H,1-2H3,(H,18,19). The topological polar surface area (TPSA) is 46.5 Å². The fourth-order valence-corrected chi connectivity index (χ4v) is 2.48. The molecule has 2 rings (SSSR count). The fourth-order valence-electron chi connectivity index (χ4n) is 1.94. The van der Waals surface area contributed by atoms with Gasteiger partial charge >= 0.3 is 5.97 Å². The lowest BCUT2D eigenvalue weighted by molar-refractivity contribution is 0.0694. The number of halogens is 2. The summed E-state index contributed by atoms with van der Waals surface area (Å²) in [7, 11) is 0. The third-order valence-electron chi connectivity index (χ3n) is 2.83. The average Bonchev–Trinajstić information content (AvgIpc) is 2.34. The number of benzene rings is 2. The second-order valence-electron chi connectivity index (χ2n) is 4.39. The molecule has 0 fully saturated rings. The molecule has 0 bridgehead atoms. The quantitative estimate of drug-likeness (QED) is 0.857. The predicted octanol–water partition coefficient (Wildman–Crippen LogP) is 5.10. The van der Waals surface area contributed by atoms with Crippen molar-refractivity contribution in [3.63, 3.8) is 0 Å². The predicted molar refractivity (Wildman–Crippen MR) is 79.4 cm³/mol. The molecule has 0 aliphatic carbocycles. The normalized spacial score (nSPS) is 10.4. The Balaban J connectivity index is 2.53. The number of para-hydroxylation sites is 1. The van der Waals surface area contributed by atoms with Crippen molar-refractivity contribution < 1.29 is 14.6 Å². The molecule has 0 aliphatic heterocycles. The molecule has 0 saturated heterocycles. The lowest BCUT2D eigenvalue weighted by atomic mass is 10.1. The van der Waals surface area contributed by atoms with Crippen LogP contribution < -0.4 is 4.74 Å². The first-order valence-electron chi connectivity index (χ1n) is 5.86. The smallest absolute Gasteiger partial charge is 0.339 e. The molecule has 0 heterocycles. The molecule has 0 atom stereocenters. The van der Waals surface area contributed by atoms with E-state index in [4.69, 9.17) is 27.9 Å². The van der Waals surface area contributed by atoms with Crippen LogP contribution in [0.4, 0.5) is 0 Å². The fraction of sp³-hybridized carbons (Fsp3) is 0.133. The van der Waals surface area contributed by atoms with E-state index in [1.165, 1.54) is 6.07 Å². The van der Waals surface area contributed by atoms with Crippen molar-refractivity contribution in [1.29, 1.82) is 0 Å².